The summed E-state index contributed by atoms with van der Waals surface area (Å²) in [6, 6.07) is 0. The van der Waals surface area contributed by atoms with Crippen LogP contribution in [-0.2, 0) is 9.59 Å². The van der Waals surface area contributed by atoms with Gasteiger partial charge in [-0.3, -0.25) is 9.59 Å². The highest BCUT2D eigenvalue weighted by Crippen LogP contribution is 2.43. The number of amides is 1. The van der Waals surface area contributed by atoms with Crippen LogP contribution in [0.15, 0.2) is 0 Å². The summed E-state index contributed by atoms with van der Waals surface area (Å²) in [5, 5.41) is 11.1. The highest BCUT2D eigenvalue weighted by molar-refractivity contribution is 5.83. The molecule has 0 aliphatic heterocycles. The molecule has 2 N–H and O–H groups in total. The molecule has 0 unspecified atom stereocenters. The van der Waals surface area contributed by atoms with Crippen LogP contribution < -0.4 is 5.32 Å². The van der Waals surface area contributed by atoms with Crippen molar-refractivity contribution < 1.29 is 14.7 Å². The lowest BCUT2D eigenvalue weighted by Gasteiger charge is -2.39. The minimum atomic E-state index is -0.871. The zero-order valence-electron chi connectivity index (χ0n) is 8.51. The fourth-order valence-electron chi connectivity index (χ4n) is 1.82. The quantitative estimate of drug-likeness (QED) is 0.698. The number of carboxylic acids is 1. The zero-order valence-corrected chi connectivity index (χ0v) is 8.51. The molecular formula is C10H17NO3. The summed E-state index contributed by atoms with van der Waals surface area (Å²) in [7, 11) is 0. The first kappa shape index (κ1) is 11.0. The van der Waals surface area contributed by atoms with Crippen molar-refractivity contribution in [3.05, 3.63) is 0 Å². The smallest absolute Gasteiger partial charge is 0.305 e. The maximum Gasteiger partial charge on any atom is 0.305 e. The number of rotatable bonds is 5. The largest absolute Gasteiger partial charge is 0.481 e. The van der Waals surface area contributed by atoms with Gasteiger partial charge in [-0.25, -0.2) is 0 Å². The van der Waals surface area contributed by atoms with Crippen LogP contribution in [0.4, 0.5) is 0 Å². The van der Waals surface area contributed by atoms with Crippen molar-refractivity contribution >= 4 is 11.9 Å². The van der Waals surface area contributed by atoms with Gasteiger partial charge in [-0.1, -0.05) is 13.3 Å². The minimum Gasteiger partial charge on any atom is -0.481 e. The maximum absolute atomic E-state index is 11.7. The Labute approximate surface area is 83.7 Å². The van der Waals surface area contributed by atoms with Gasteiger partial charge >= 0.3 is 5.97 Å². The van der Waals surface area contributed by atoms with Crippen LogP contribution in [-0.4, -0.2) is 23.5 Å². The second kappa shape index (κ2) is 4.44. The molecule has 0 bridgehead atoms. The first-order chi connectivity index (χ1) is 6.60. The molecule has 1 amide bonds. The Balaban J connectivity index is 2.30. The molecule has 14 heavy (non-hydrogen) atoms. The number of nitrogens with one attached hydrogen (secondary N) is 1. The van der Waals surface area contributed by atoms with E-state index in [1.165, 1.54) is 0 Å². The van der Waals surface area contributed by atoms with E-state index in [-0.39, 0.29) is 24.3 Å². The SMILES string of the molecule is CCC1(C(=O)NCCC(=O)O)CCC1. The normalized spacial score (nSPS) is 18.4. The molecule has 80 valence electrons. The minimum absolute atomic E-state index is 0.00549. The fraction of sp³-hybridized carbons (Fsp3) is 0.800. The Morgan fingerprint density at radius 2 is 2.07 bits per heavy atom. The Morgan fingerprint density at radius 3 is 2.43 bits per heavy atom. The Kier molecular flexibility index (Phi) is 3.49. The van der Waals surface area contributed by atoms with Crippen LogP contribution in [0.25, 0.3) is 0 Å². The molecule has 0 saturated heterocycles. The van der Waals surface area contributed by atoms with E-state index in [0.29, 0.717) is 0 Å². The van der Waals surface area contributed by atoms with E-state index in [4.69, 9.17) is 5.11 Å². The van der Waals surface area contributed by atoms with E-state index in [1.54, 1.807) is 0 Å². The number of carbonyl (C=O) groups excluding carboxylic acids is 1. The second-order valence-corrected chi connectivity index (χ2v) is 3.89. The molecule has 4 heteroatoms. The van der Waals surface area contributed by atoms with E-state index in [1.807, 2.05) is 6.92 Å². The zero-order chi connectivity index (χ0) is 10.6. The fourth-order valence-corrected chi connectivity index (χ4v) is 1.82. The topological polar surface area (TPSA) is 66.4 Å². The standard InChI is InChI=1S/C10H17NO3/c1-2-10(5-3-6-10)9(14)11-7-4-8(12)13/h2-7H2,1H3,(H,11,14)(H,12,13). The molecular weight excluding hydrogens is 182 g/mol. The van der Waals surface area contributed by atoms with Crippen LogP contribution in [0.5, 0.6) is 0 Å². The monoisotopic (exact) mass is 199 g/mol. The van der Waals surface area contributed by atoms with E-state index >= 15 is 0 Å². The van der Waals surface area contributed by atoms with Gasteiger partial charge in [-0.2, -0.15) is 0 Å². The summed E-state index contributed by atoms with van der Waals surface area (Å²) in [6.07, 6.45) is 3.86. The van der Waals surface area contributed by atoms with Crippen LogP contribution >= 0.6 is 0 Å². The third kappa shape index (κ3) is 2.25. The molecule has 1 aliphatic rings. The average molecular weight is 199 g/mol. The van der Waals surface area contributed by atoms with Gasteiger partial charge in [0, 0.05) is 12.0 Å². The highest BCUT2D eigenvalue weighted by atomic mass is 16.4. The number of hydrogen-bond acceptors (Lipinski definition) is 2. The summed E-state index contributed by atoms with van der Waals surface area (Å²) in [5.41, 5.74) is -0.182. The van der Waals surface area contributed by atoms with Crippen molar-refractivity contribution in [2.75, 3.05) is 6.54 Å². The molecule has 0 heterocycles. The van der Waals surface area contributed by atoms with E-state index in [9.17, 15) is 9.59 Å². The molecule has 0 spiro atoms. The Bertz CT molecular complexity index is 228. The number of carbonyl (C=O) groups is 2. The number of carboxylic acid groups (broad SMARTS) is 1. The summed E-state index contributed by atoms with van der Waals surface area (Å²) < 4.78 is 0. The summed E-state index contributed by atoms with van der Waals surface area (Å²) in [5.74, 6) is -0.836. The summed E-state index contributed by atoms with van der Waals surface area (Å²) in [4.78, 5) is 21.9. The van der Waals surface area contributed by atoms with Crippen molar-refractivity contribution in [1.82, 2.24) is 5.32 Å². The van der Waals surface area contributed by atoms with Gasteiger partial charge in [0.25, 0.3) is 0 Å². The Hall–Kier alpha value is -1.06. The molecule has 0 atom stereocenters. The number of aliphatic carboxylic acids is 1. The Morgan fingerprint density at radius 1 is 1.43 bits per heavy atom. The van der Waals surface area contributed by atoms with Crippen LogP contribution in [0, 0.1) is 5.41 Å². The molecule has 1 saturated carbocycles. The van der Waals surface area contributed by atoms with Gasteiger partial charge in [-0.15, -0.1) is 0 Å². The highest BCUT2D eigenvalue weighted by Gasteiger charge is 2.41. The third-order valence-corrected chi connectivity index (χ3v) is 3.09. The summed E-state index contributed by atoms with van der Waals surface area (Å²) >= 11 is 0. The van der Waals surface area contributed by atoms with Crippen molar-refractivity contribution in [3.8, 4) is 0 Å². The van der Waals surface area contributed by atoms with E-state index in [2.05, 4.69) is 5.32 Å². The first-order valence-corrected chi connectivity index (χ1v) is 5.11. The summed E-state index contributed by atoms with van der Waals surface area (Å²) in [6.45, 7) is 2.26. The van der Waals surface area contributed by atoms with Crippen LogP contribution in [0.1, 0.15) is 39.0 Å². The van der Waals surface area contributed by atoms with E-state index < -0.39 is 5.97 Å². The third-order valence-electron chi connectivity index (χ3n) is 3.09. The molecule has 1 aliphatic carbocycles. The van der Waals surface area contributed by atoms with Crippen molar-refractivity contribution in [3.63, 3.8) is 0 Å². The van der Waals surface area contributed by atoms with Gasteiger partial charge in [0.05, 0.1) is 6.42 Å². The molecule has 1 fully saturated rings. The first-order valence-electron chi connectivity index (χ1n) is 5.11. The predicted molar refractivity (Wildman–Crippen MR) is 51.8 cm³/mol. The van der Waals surface area contributed by atoms with Crippen LogP contribution in [0.3, 0.4) is 0 Å². The van der Waals surface area contributed by atoms with Gasteiger partial charge < -0.3 is 10.4 Å². The van der Waals surface area contributed by atoms with Crippen molar-refractivity contribution in [2.24, 2.45) is 5.41 Å². The molecule has 1 rings (SSSR count). The maximum atomic E-state index is 11.7. The lowest BCUT2D eigenvalue weighted by atomic mass is 9.66. The lowest BCUT2D eigenvalue weighted by Crippen LogP contribution is -2.45. The van der Waals surface area contributed by atoms with Gasteiger partial charge in [-0.05, 0) is 19.3 Å². The van der Waals surface area contributed by atoms with Gasteiger partial charge in [0.15, 0.2) is 0 Å². The second-order valence-electron chi connectivity index (χ2n) is 3.89. The molecule has 0 aromatic carbocycles. The van der Waals surface area contributed by atoms with Gasteiger partial charge in [0.2, 0.25) is 5.91 Å². The molecule has 4 nitrogen and oxygen atoms in total. The molecule has 0 aromatic rings. The van der Waals surface area contributed by atoms with E-state index in [0.717, 1.165) is 25.7 Å². The average Bonchev–Trinajstić information content (AvgIpc) is 2.02. The van der Waals surface area contributed by atoms with Crippen molar-refractivity contribution in [1.29, 1.82) is 0 Å². The van der Waals surface area contributed by atoms with Crippen LogP contribution in [0.2, 0.25) is 0 Å². The number of hydrogen-bond donors (Lipinski definition) is 2. The van der Waals surface area contributed by atoms with Gasteiger partial charge in [0.1, 0.15) is 0 Å². The predicted octanol–water partition coefficient (Wildman–Crippen LogP) is 1.16. The lowest BCUT2D eigenvalue weighted by molar-refractivity contribution is -0.138. The molecule has 0 aromatic heterocycles. The molecule has 0 radical (unpaired) electrons. The van der Waals surface area contributed by atoms with Crippen molar-refractivity contribution in [2.45, 2.75) is 39.0 Å².